The van der Waals surface area contributed by atoms with E-state index < -0.39 is 0 Å². The highest BCUT2D eigenvalue weighted by molar-refractivity contribution is 5.65. The number of allylic oxidation sites excluding steroid dienone is 1. The third-order valence-electron chi connectivity index (χ3n) is 2.86. The van der Waals surface area contributed by atoms with Gasteiger partial charge in [0.25, 0.3) is 0 Å². The first kappa shape index (κ1) is 11.3. The average Bonchev–Trinajstić information content (AvgIpc) is 2.36. The Kier molecular flexibility index (Phi) is 3.15. The molecule has 86 valence electrons. The van der Waals surface area contributed by atoms with Crippen LogP contribution in [0.1, 0.15) is 17.0 Å². The van der Waals surface area contributed by atoms with E-state index in [4.69, 9.17) is 11.5 Å². The topological polar surface area (TPSA) is 52.0 Å². The second-order valence-electron chi connectivity index (χ2n) is 4.01. The largest absolute Gasteiger partial charge is 0.397 e. The molecule has 1 atom stereocenters. The summed E-state index contributed by atoms with van der Waals surface area (Å²) in [5, 5.41) is 0. The average molecular weight is 224 g/mol. The summed E-state index contributed by atoms with van der Waals surface area (Å²) in [5.74, 6) is 0.152. The Labute approximate surface area is 102 Å². The molecule has 4 N–H and O–H groups in total. The maximum Gasteiger partial charge on any atom is 0.0550 e. The molecule has 0 amide bonds. The van der Waals surface area contributed by atoms with Crippen molar-refractivity contribution in [3.63, 3.8) is 0 Å². The highest BCUT2D eigenvalue weighted by Gasteiger charge is 2.10. The van der Waals surface area contributed by atoms with Gasteiger partial charge in [-0.15, -0.1) is 6.58 Å². The van der Waals surface area contributed by atoms with Crippen LogP contribution >= 0.6 is 0 Å². The predicted molar refractivity (Wildman–Crippen MR) is 73.7 cm³/mol. The molecule has 2 heteroatoms. The second kappa shape index (κ2) is 4.74. The number of nitrogens with two attached hydrogens (primary N) is 2. The monoisotopic (exact) mass is 224 g/mol. The molecule has 1 unspecified atom stereocenters. The summed E-state index contributed by atoms with van der Waals surface area (Å²) in [4.78, 5) is 0. The van der Waals surface area contributed by atoms with Crippen molar-refractivity contribution in [1.82, 2.24) is 0 Å². The summed E-state index contributed by atoms with van der Waals surface area (Å²) in [5.41, 5.74) is 15.1. The number of rotatable bonds is 3. The number of benzene rings is 2. The summed E-state index contributed by atoms with van der Waals surface area (Å²) >= 11 is 0. The van der Waals surface area contributed by atoms with E-state index in [0.717, 1.165) is 5.56 Å². The third kappa shape index (κ3) is 2.31. The molecule has 17 heavy (non-hydrogen) atoms. The molecular formula is C15H16N2. The second-order valence-corrected chi connectivity index (χ2v) is 4.01. The van der Waals surface area contributed by atoms with E-state index in [2.05, 4.69) is 18.7 Å². The van der Waals surface area contributed by atoms with Gasteiger partial charge in [0.1, 0.15) is 0 Å². The van der Waals surface area contributed by atoms with Gasteiger partial charge in [-0.2, -0.15) is 0 Å². The van der Waals surface area contributed by atoms with Crippen molar-refractivity contribution in [1.29, 1.82) is 0 Å². The number of hydrogen-bond donors (Lipinski definition) is 2. The van der Waals surface area contributed by atoms with E-state index in [0.29, 0.717) is 11.4 Å². The summed E-state index contributed by atoms with van der Waals surface area (Å²) in [6, 6.07) is 15.9. The number of hydrogen-bond acceptors (Lipinski definition) is 2. The molecule has 2 nitrogen and oxygen atoms in total. The normalized spacial score (nSPS) is 12.0. The Morgan fingerprint density at radius 1 is 0.882 bits per heavy atom. The van der Waals surface area contributed by atoms with E-state index in [1.165, 1.54) is 5.56 Å². The van der Waals surface area contributed by atoms with Gasteiger partial charge in [0.05, 0.1) is 11.4 Å². The fourth-order valence-electron chi connectivity index (χ4n) is 1.91. The van der Waals surface area contributed by atoms with Gasteiger partial charge in [0.15, 0.2) is 0 Å². The zero-order chi connectivity index (χ0) is 12.3. The minimum atomic E-state index is 0.152. The van der Waals surface area contributed by atoms with E-state index in [9.17, 15) is 0 Å². The standard InChI is InChI=1S/C15H16N2/c1-2-13(11-6-4-3-5-7-11)12-8-9-14(16)15(17)10-12/h2-10,13H,1,16-17H2. The van der Waals surface area contributed by atoms with Crippen LogP contribution in [0.25, 0.3) is 0 Å². The van der Waals surface area contributed by atoms with Gasteiger partial charge in [-0.05, 0) is 23.3 Å². The molecule has 0 spiro atoms. The van der Waals surface area contributed by atoms with E-state index >= 15 is 0 Å². The van der Waals surface area contributed by atoms with Crippen molar-refractivity contribution >= 4 is 11.4 Å². The van der Waals surface area contributed by atoms with Crippen LogP contribution in [0, 0.1) is 0 Å². The van der Waals surface area contributed by atoms with Gasteiger partial charge < -0.3 is 11.5 Å². The van der Waals surface area contributed by atoms with Crippen molar-refractivity contribution < 1.29 is 0 Å². The molecule has 0 aromatic heterocycles. The van der Waals surface area contributed by atoms with Crippen LogP contribution in [-0.2, 0) is 0 Å². The van der Waals surface area contributed by atoms with E-state index in [1.807, 2.05) is 42.5 Å². The predicted octanol–water partition coefficient (Wildman–Crippen LogP) is 3.17. The van der Waals surface area contributed by atoms with Crippen LogP contribution < -0.4 is 11.5 Å². The van der Waals surface area contributed by atoms with E-state index in [-0.39, 0.29) is 5.92 Å². The van der Waals surface area contributed by atoms with Crippen LogP contribution in [0.4, 0.5) is 11.4 Å². The summed E-state index contributed by atoms with van der Waals surface area (Å²) in [7, 11) is 0. The summed E-state index contributed by atoms with van der Waals surface area (Å²) < 4.78 is 0. The smallest absolute Gasteiger partial charge is 0.0550 e. The van der Waals surface area contributed by atoms with Crippen LogP contribution in [0.3, 0.4) is 0 Å². The maximum absolute atomic E-state index is 5.83. The Balaban J connectivity index is 2.42. The molecular weight excluding hydrogens is 208 g/mol. The maximum atomic E-state index is 5.83. The first-order valence-electron chi connectivity index (χ1n) is 5.54. The minimum Gasteiger partial charge on any atom is -0.397 e. The van der Waals surface area contributed by atoms with Gasteiger partial charge in [0.2, 0.25) is 0 Å². The van der Waals surface area contributed by atoms with Crippen LogP contribution in [0.15, 0.2) is 61.2 Å². The summed E-state index contributed by atoms with van der Waals surface area (Å²) in [6.07, 6.45) is 1.92. The fourth-order valence-corrected chi connectivity index (χ4v) is 1.91. The molecule has 2 rings (SSSR count). The Morgan fingerprint density at radius 3 is 2.18 bits per heavy atom. The fraction of sp³-hybridized carbons (Fsp3) is 0.0667. The van der Waals surface area contributed by atoms with Crippen molar-refractivity contribution in [2.24, 2.45) is 0 Å². The molecule has 0 saturated heterocycles. The highest BCUT2D eigenvalue weighted by atomic mass is 14.7. The van der Waals surface area contributed by atoms with Crippen LogP contribution in [0.5, 0.6) is 0 Å². The molecule has 0 aliphatic rings. The lowest BCUT2D eigenvalue weighted by molar-refractivity contribution is 1.03. The van der Waals surface area contributed by atoms with Crippen molar-refractivity contribution in [3.8, 4) is 0 Å². The third-order valence-corrected chi connectivity index (χ3v) is 2.86. The van der Waals surface area contributed by atoms with E-state index in [1.54, 1.807) is 0 Å². The first-order chi connectivity index (χ1) is 8.22. The Hall–Kier alpha value is -2.22. The van der Waals surface area contributed by atoms with Crippen molar-refractivity contribution in [2.75, 3.05) is 11.5 Å². The SMILES string of the molecule is C=CC(c1ccccc1)c1ccc(N)c(N)c1. The number of nitrogen functional groups attached to an aromatic ring is 2. The quantitative estimate of drug-likeness (QED) is 0.621. The lowest BCUT2D eigenvalue weighted by Gasteiger charge is -2.14. The lowest BCUT2D eigenvalue weighted by Crippen LogP contribution is -2.00. The van der Waals surface area contributed by atoms with Crippen molar-refractivity contribution in [3.05, 3.63) is 72.3 Å². The Bertz CT molecular complexity index is 518. The van der Waals surface area contributed by atoms with Crippen molar-refractivity contribution in [2.45, 2.75) is 5.92 Å². The lowest BCUT2D eigenvalue weighted by atomic mass is 9.91. The Morgan fingerprint density at radius 2 is 1.59 bits per heavy atom. The van der Waals surface area contributed by atoms with Gasteiger partial charge in [-0.3, -0.25) is 0 Å². The zero-order valence-corrected chi connectivity index (χ0v) is 9.64. The van der Waals surface area contributed by atoms with Gasteiger partial charge in [-0.25, -0.2) is 0 Å². The molecule has 2 aromatic rings. The van der Waals surface area contributed by atoms with Gasteiger partial charge in [0, 0.05) is 5.92 Å². The molecule has 0 heterocycles. The summed E-state index contributed by atoms with van der Waals surface area (Å²) in [6.45, 7) is 3.89. The first-order valence-corrected chi connectivity index (χ1v) is 5.54. The molecule has 0 aliphatic carbocycles. The molecule has 0 bridgehead atoms. The van der Waals surface area contributed by atoms with Gasteiger partial charge in [-0.1, -0.05) is 42.5 Å². The van der Waals surface area contributed by atoms with Gasteiger partial charge >= 0.3 is 0 Å². The molecule has 0 aliphatic heterocycles. The molecule has 0 fully saturated rings. The van der Waals surface area contributed by atoms with Crippen LogP contribution in [-0.4, -0.2) is 0 Å². The zero-order valence-electron chi connectivity index (χ0n) is 9.64. The number of anilines is 2. The molecule has 0 saturated carbocycles. The molecule has 2 aromatic carbocycles. The highest BCUT2D eigenvalue weighted by Crippen LogP contribution is 2.28. The van der Waals surface area contributed by atoms with Crippen LogP contribution in [0.2, 0.25) is 0 Å². The molecule has 0 radical (unpaired) electrons. The minimum absolute atomic E-state index is 0.152.